The first-order valence-electron chi connectivity index (χ1n) is 10.0. The predicted octanol–water partition coefficient (Wildman–Crippen LogP) is 5.34. The lowest BCUT2D eigenvalue weighted by Crippen LogP contribution is -2.29. The van der Waals surface area contributed by atoms with Crippen LogP contribution in [0.5, 0.6) is 0 Å². The molecule has 0 saturated heterocycles. The topological polar surface area (TPSA) is 63.6 Å². The standard InChI is InChI=1S/C20H36O4/c1-3-5-7-8-9-11-18(10-6-4-2)24-20(23)17-14-12-16(13-15-17)19(21)22/h16-18H,3-15H2,1-2H3,(H,21,22). The van der Waals surface area contributed by atoms with Crippen LogP contribution in [0.4, 0.5) is 0 Å². The summed E-state index contributed by atoms with van der Waals surface area (Å²) in [4.78, 5) is 23.4. The van der Waals surface area contributed by atoms with Crippen LogP contribution in [0, 0.1) is 11.8 Å². The molecular formula is C20H36O4. The first-order chi connectivity index (χ1) is 11.6. The van der Waals surface area contributed by atoms with Crippen LogP contribution in [-0.2, 0) is 14.3 Å². The van der Waals surface area contributed by atoms with Gasteiger partial charge in [0.1, 0.15) is 6.10 Å². The van der Waals surface area contributed by atoms with E-state index in [2.05, 4.69) is 13.8 Å². The van der Waals surface area contributed by atoms with Crippen molar-refractivity contribution in [1.29, 1.82) is 0 Å². The first-order valence-corrected chi connectivity index (χ1v) is 10.0. The van der Waals surface area contributed by atoms with Crippen LogP contribution in [0.2, 0.25) is 0 Å². The van der Waals surface area contributed by atoms with E-state index in [1.807, 2.05) is 0 Å². The van der Waals surface area contributed by atoms with Gasteiger partial charge < -0.3 is 9.84 Å². The Bertz CT molecular complexity index is 359. The highest BCUT2D eigenvalue weighted by Crippen LogP contribution is 2.30. The minimum absolute atomic E-state index is 0.0521. The lowest BCUT2D eigenvalue weighted by atomic mass is 9.82. The normalized spacial score (nSPS) is 22.1. The Morgan fingerprint density at radius 3 is 2.00 bits per heavy atom. The number of unbranched alkanes of at least 4 members (excludes halogenated alkanes) is 5. The number of carbonyl (C=O) groups excluding carboxylic acids is 1. The second-order valence-electron chi connectivity index (χ2n) is 7.29. The Morgan fingerprint density at radius 1 is 0.875 bits per heavy atom. The van der Waals surface area contributed by atoms with Gasteiger partial charge in [-0.2, -0.15) is 0 Å². The third-order valence-corrected chi connectivity index (χ3v) is 5.20. The number of carbonyl (C=O) groups is 2. The van der Waals surface area contributed by atoms with Gasteiger partial charge in [-0.25, -0.2) is 0 Å². The zero-order valence-electron chi connectivity index (χ0n) is 15.6. The van der Waals surface area contributed by atoms with E-state index in [1.165, 1.54) is 25.7 Å². The summed E-state index contributed by atoms with van der Waals surface area (Å²) >= 11 is 0. The van der Waals surface area contributed by atoms with Crippen molar-refractivity contribution in [3.05, 3.63) is 0 Å². The molecule has 0 amide bonds. The van der Waals surface area contributed by atoms with Crippen molar-refractivity contribution < 1.29 is 19.4 Å². The van der Waals surface area contributed by atoms with Gasteiger partial charge in [0.2, 0.25) is 0 Å². The molecule has 1 aliphatic carbocycles. The van der Waals surface area contributed by atoms with Gasteiger partial charge in [0.15, 0.2) is 0 Å². The maximum absolute atomic E-state index is 12.4. The van der Waals surface area contributed by atoms with Crippen LogP contribution in [-0.4, -0.2) is 23.1 Å². The molecule has 1 atom stereocenters. The van der Waals surface area contributed by atoms with Gasteiger partial charge in [0, 0.05) is 0 Å². The highest BCUT2D eigenvalue weighted by molar-refractivity contribution is 5.74. The van der Waals surface area contributed by atoms with Gasteiger partial charge in [-0.15, -0.1) is 0 Å². The van der Waals surface area contributed by atoms with Crippen molar-refractivity contribution in [2.45, 2.75) is 103 Å². The Morgan fingerprint density at radius 2 is 1.42 bits per heavy atom. The summed E-state index contributed by atoms with van der Waals surface area (Å²) in [5.74, 6) is -1.18. The van der Waals surface area contributed by atoms with Gasteiger partial charge >= 0.3 is 11.9 Å². The fourth-order valence-corrected chi connectivity index (χ4v) is 3.51. The summed E-state index contributed by atoms with van der Waals surface area (Å²) in [6, 6.07) is 0. The van der Waals surface area contributed by atoms with E-state index in [1.54, 1.807) is 0 Å². The Hall–Kier alpha value is -1.06. The molecule has 4 nitrogen and oxygen atoms in total. The minimum Gasteiger partial charge on any atom is -0.481 e. The van der Waals surface area contributed by atoms with E-state index in [-0.39, 0.29) is 23.9 Å². The fourth-order valence-electron chi connectivity index (χ4n) is 3.51. The predicted molar refractivity (Wildman–Crippen MR) is 95.9 cm³/mol. The Labute approximate surface area is 147 Å². The zero-order valence-corrected chi connectivity index (χ0v) is 15.6. The molecule has 1 unspecified atom stereocenters. The van der Waals surface area contributed by atoms with Gasteiger partial charge in [-0.3, -0.25) is 9.59 Å². The van der Waals surface area contributed by atoms with Gasteiger partial charge in [0.05, 0.1) is 11.8 Å². The number of hydrogen-bond donors (Lipinski definition) is 1. The Balaban J connectivity index is 2.35. The average molecular weight is 341 g/mol. The molecule has 0 spiro atoms. The Kier molecular flexibility index (Phi) is 10.8. The summed E-state index contributed by atoms with van der Waals surface area (Å²) < 4.78 is 5.81. The second-order valence-corrected chi connectivity index (χ2v) is 7.29. The molecule has 24 heavy (non-hydrogen) atoms. The fraction of sp³-hybridized carbons (Fsp3) is 0.900. The number of rotatable bonds is 12. The molecule has 1 fully saturated rings. The molecule has 1 rings (SSSR count). The molecule has 0 aromatic rings. The molecular weight excluding hydrogens is 304 g/mol. The van der Waals surface area contributed by atoms with E-state index in [4.69, 9.17) is 9.84 Å². The third kappa shape index (κ3) is 8.16. The molecule has 4 heteroatoms. The molecule has 0 radical (unpaired) electrons. The lowest BCUT2D eigenvalue weighted by Gasteiger charge is -2.27. The number of aliphatic carboxylic acids is 1. The molecule has 0 aliphatic heterocycles. The monoisotopic (exact) mass is 340 g/mol. The van der Waals surface area contributed by atoms with E-state index in [0.29, 0.717) is 25.7 Å². The quantitative estimate of drug-likeness (QED) is 0.385. The highest BCUT2D eigenvalue weighted by atomic mass is 16.5. The van der Waals surface area contributed by atoms with E-state index < -0.39 is 5.97 Å². The van der Waals surface area contributed by atoms with Crippen LogP contribution < -0.4 is 0 Å². The summed E-state index contributed by atoms with van der Waals surface area (Å²) in [6.07, 6.45) is 12.9. The van der Waals surface area contributed by atoms with Gasteiger partial charge in [-0.1, -0.05) is 52.4 Å². The smallest absolute Gasteiger partial charge is 0.309 e. The van der Waals surface area contributed by atoms with E-state index in [9.17, 15) is 9.59 Å². The SMILES string of the molecule is CCCCCCCC(CCCC)OC(=O)C1CCC(C(=O)O)CC1. The van der Waals surface area contributed by atoms with Crippen molar-refractivity contribution in [3.63, 3.8) is 0 Å². The number of carboxylic acids is 1. The molecule has 1 N–H and O–H groups in total. The maximum atomic E-state index is 12.4. The molecule has 0 aromatic carbocycles. The summed E-state index contributed by atoms with van der Waals surface area (Å²) in [6.45, 7) is 4.37. The molecule has 0 aromatic heterocycles. The van der Waals surface area contributed by atoms with Gasteiger partial charge in [-0.05, 0) is 44.9 Å². The van der Waals surface area contributed by atoms with E-state index >= 15 is 0 Å². The third-order valence-electron chi connectivity index (χ3n) is 5.20. The largest absolute Gasteiger partial charge is 0.481 e. The highest BCUT2D eigenvalue weighted by Gasteiger charge is 2.31. The van der Waals surface area contributed by atoms with Crippen LogP contribution in [0.25, 0.3) is 0 Å². The summed E-state index contributed by atoms with van der Waals surface area (Å²) in [5, 5.41) is 9.05. The summed E-state index contributed by atoms with van der Waals surface area (Å²) in [7, 11) is 0. The lowest BCUT2D eigenvalue weighted by molar-refractivity contribution is -0.158. The molecule has 0 bridgehead atoms. The second kappa shape index (κ2) is 12.3. The van der Waals surface area contributed by atoms with Gasteiger partial charge in [0.25, 0.3) is 0 Å². The van der Waals surface area contributed by atoms with Crippen LogP contribution in [0.3, 0.4) is 0 Å². The van der Waals surface area contributed by atoms with Crippen LogP contribution in [0.1, 0.15) is 97.3 Å². The number of ether oxygens (including phenoxy) is 1. The van der Waals surface area contributed by atoms with Crippen molar-refractivity contribution in [1.82, 2.24) is 0 Å². The van der Waals surface area contributed by atoms with Crippen molar-refractivity contribution in [2.75, 3.05) is 0 Å². The van der Waals surface area contributed by atoms with Crippen molar-refractivity contribution in [3.8, 4) is 0 Å². The maximum Gasteiger partial charge on any atom is 0.309 e. The first kappa shape index (κ1) is 21.0. The molecule has 0 heterocycles. The zero-order chi connectivity index (χ0) is 17.8. The van der Waals surface area contributed by atoms with E-state index in [0.717, 1.165) is 32.1 Å². The molecule has 140 valence electrons. The minimum atomic E-state index is -0.727. The number of esters is 1. The van der Waals surface area contributed by atoms with Crippen LogP contribution >= 0.6 is 0 Å². The van der Waals surface area contributed by atoms with Crippen molar-refractivity contribution in [2.24, 2.45) is 11.8 Å². The molecule has 1 aliphatic rings. The average Bonchev–Trinajstić information content (AvgIpc) is 2.59. The summed E-state index contributed by atoms with van der Waals surface area (Å²) in [5.41, 5.74) is 0. The van der Waals surface area contributed by atoms with Crippen LogP contribution in [0.15, 0.2) is 0 Å². The van der Waals surface area contributed by atoms with Crippen molar-refractivity contribution >= 4 is 11.9 Å². The number of hydrogen-bond acceptors (Lipinski definition) is 3. The molecule has 1 saturated carbocycles. The number of carboxylic acid groups (broad SMARTS) is 1.